The minimum Gasteiger partial charge on any atom is -0.488 e. The van der Waals surface area contributed by atoms with Crippen molar-refractivity contribution in [1.82, 2.24) is 24.6 Å². The van der Waals surface area contributed by atoms with Crippen molar-refractivity contribution in [2.24, 2.45) is 5.92 Å². The molecular weight excluding hydrogens is 450 g/mol. The molecule has 0 atom stereocenters. The van der Waals surface area contributed by atoms with E-state index in [0.29, 0.717) is 36.8 Å². The first kappa shape index (κ1) is 24.2. The Labute approximate surface area is 202 Å². The van der Waals surface area contributed by atoms with Crippen LogP contribution in [0.5, 0.6) is 5.75 Å². The molecule has 1 aliphatic heterocycles. The van der Waals surface area contributed by atoms with Gasteiger partial charge in [-0.3, -0.25) is 19.7 Å². The van der Waals surface area contributed by atoms with Gasteiger partial charge >= 0.3 is 5.97 Å². The Hall–Kier alpha value is -3.95. The molecule has 4 heterocycles. The minimum absolute atomic E-state index is 0.142. The number of carbonyl (C=O) groups is 2. The van der Waals surface area contributed by atoms with E-state index in [1.54, 1.807) is 29.4 Å². The maximum atomic E-state index is 13.1. The summed E-state index contributed by atoms with van der Waals surface area (Å²) in [4.78, 5) is 44.5. The van der Waals surface area contributed by atoms with Crippen LogP contribution in [0.15, 0.2) is 41.5 Å². The largest absolute Gasteiger partial charge is 0.488 e. The van der Waals surface area contributed by atoms with Gasteiger partial charge in [0, 0.05) is 61.5 Å². The van der Waals surface area contributed by atoms with Crippen LogP contribution in [0.4, 0.5) is 0 Å². The SMILES string of the molecule is COC(=O)c1c(OCc2cccnc2)cc(=O)n2c1CCN(C(=O)c1cc(CC(C)C)[nH]n1)CC2. The minimum atomic E-state index is -0.597. The van der Waals surface area contributed by atoms with Crippen LogP contribution in [0.2, 0.25) is 0 Å². The molecule has 0 aromatic carbocycles. The van der Waals surface area contributed by atoms with Gasteiger partial charge in [0.2, 0.25) is 0 Å². The number of aromatic amines is 1. The molecule has 0 radical (unpaired) electrons. The second-order valence-electron chi connectivity index (χ2n) is 8.88. The lowest BCUT2D eigenvalue weighted by Crippen LogP contribution is -2.34. The molecule has 1 N–H and O–H groups in total. The Balaban J connectivity index is 1.59. The summed E-state index contributed by atoms with van der Waals surface area (Å²) in [6.45, 7) is 5.22. The standard InChI is InChI=1S/C25H29N5O5/c1-16(2)11-18-12-19(28-27-18)24(32)29-8-6-20-23(25(33)34-3)21(13-22(31)30(20)10-9-29)35-15-17-5-4-7-26-14-17/h4-5,7,12-14,16H,6,8-11,15H2,1-3H3,(H,27,28). The van der Waals surface area contributed by atoms with E-state index >= 15 is 0 Å². The van der Waals surface area contributed by atoms with E-state index < -0.39 is 5.97 Å². The first-order valence-electron chi connectivity index (χ1n) is 11.6. The summed E-state index contributed by atoms with van der Waals surface area (Å²) in [6, 6.07) is 6.70. The van der Waals surface area contributed by atoms with Crippen molar-refractivity contribution >= 4 is 11.9 Å². The molecule has 0 fully saturated rings. The highest BCUT2D eigenvalue weighted by Crippen LogP contribution is 2.25. The van der Waals surface area contributed by atoms with Gasteiger partial charge in [-0.1, -0.05) is 19.9 Å². The van der Waals surface area contributed by atoms with Crippen molar-refractivity contribution < 1.29 is 19.1 Å². The number of hydrogen-bond donors (Lipinski definition) is 1. The third kappa shape index (κ3) is 5.42. The van der Waals surface area contributed by atoms with E-state index in [0.717, 1.165) is 17.7 Å². The summed E-state index contributed by atoms with van der Waals surface area (Å²) in [5.41, 5.74) is 2.43. The molecule has 3 aromatic rings. The first-order valence-corrected chi connectivity index (χ1v) is 11.6. The third-order valence-electron chi connectivity index (χ3n) is 5.87. The highest BCUT2D eigenvalue weighted by atomic mass is 16.5. The van der Waals surface area contributed by atoms with Crippen molar-refractivity contribution in [3.8, 4) is 5.75 Å². The van der Waals surface area contributed by atoms with Gasteiger partial charge in [0.15, 0.2) is 0 Å². The van der Waals surface area contributed by atoms with Crippen LogP contribution in [0.1, 0.15) is 51.6 Å². The van der Waals surface area contributed by atoms with Crippen LogP contribution in [0.25, 0.3) is 0 Å². The molecule has 10 heteroatoms. The maximum Gasteiger partial charge on any atom is 0.343 e. The maximum absolute atomic E-state index is 13.1. The summed E-state index contributed by atoms with van der Waals surface area (Å²) in [7, 11) is 1.29. The van der Waals surface area contributed by atoms with Crippen LogP contribution in [0, 0.1) is 5.92 Å². The van der Waals surface area contributed by atoms with Gasteiger partial charge in [0.05, 0.1) is 7.11 Å². The normalized spacial score (nSPS) is 13.3. The average Bonchev–Trinajstić information content (AvgIpc) is 3.19. The van der Waals surface area contributed by atoms with Crippen LogP contribution < -0.4 is 10.3 Å². The van der Waals surface area contributed by atoms with Crippen LogP contribution in [0.3, 0.4) is 0 Å². The highest BCUT2D eigenvalue weighted by molar-refractivity contribution is 5.94. The summed E-state index contributed by atoms with van der Waals surface area (Å²) < 4.78 is 12.4. The van der Waals surface area contributed by atoms with Crippen molar-refractivity contribution in [2.45, 2.75) is 39.8 Å². The van der Waals surface area contributed by atoms with Gasteiger partial charge in [-0.2, -0.15) is 5.10 Å². The summed E-state index contributed by atoms with van der Waals surface area (Å²) in [6.07, 6.45) is 4.39. The van der Waals surface area contributed by atoms with E-state index in [1.165, 1.54) is 17.7 Å². The summed E-state index contributed by atoms with van der Waals surface area (Å²) >= 11 is 0. The summed E-state index contributed by atoms with van der Waals surface area (Å²) in [5.74, 6) is -0.225. The number of carbonyl (C=O) groups excluding carboxylic acids is 2. The molecule has 10 nitrogen and oxygen atoms in total. The van der Waals surface area contributed by atoms with Gasteiger partial charge in [-0.15, -0.1) is 0 Å². The molecular formula is C25H29N5O5. The summed E-state index contributed by atoms with van der Waals surface area (Å²) in [5, 5.41) is 7.11. The van der Waals surface area contributed by atoms with E-state index in [9.17, 15) is 14.4 Å². The lowest BCUT2D eigenvalue weighted by molar-refractivity contribution is 0.0592. The highest BCUT2D eigenvalue weighted by Gasteiger charge is 2.28. The molecule has 1 aliphatic rings. The molecule has 4 rings (SSSR count). The number of methoxy groups -OCH3 is 1. The molecule has 3 aromatic heterocycles. The van der Waals surface area contributed by atoms with Gasteiger partial charge in [-0.05, 0) is 24.5 Å². The van der Waals surface area contributed by atoms with Crippen LogP contribution in [-0.2, 0) is 30.7 Å². The molecule has 0 saturated carbocycles. The molecule has 0 unspecified atom stereocenters. The van der Waals surface area contributed by atoms with E-state index in [4.69, 9.17) is 9.47 Å². The van der Waals surface area contributed by atoms with Crippen molar-refractivity contribution in [2.75, 3.05) is 20.2 Å². The Morgan fingerprint density at radius 2 is 2.03 bits per heavy atom. The fourth-order valence-corrected chi connectivity index (χ4v) is 4.21. The number of amides is 1. The lowest BCUT2D eigenvalue weighted by atomic mass is 10.1. The molecule has 35 heavy (non-hydrogen) atoms. The zero-order valence-electron chi connectivity index (χ0n) is 20.1. The Bertz CT molecular complexity index is 1260. The topological polar surface area (TPSA) is 119 Å². The Morgan fingerprint density at radius 1 is 1.20 bits per heavy atom. The number of H-pyrrole nitrogens is 1. The van der Waals surface area contributed by atoms with E-state index in [-0.39, 0.29) is 35.9 Å². The van der Waals surface area contributed by atoms with Gasteiger partial charge in [-0.25, -0.2) is 4.79 Å². The molecule has 0 spiro atoms. The predicted octanol–water partition coefficient (Wildman–Crippen LogP) is 2.23. The number of esters is 1. The monoisotopic (exact) mass is 479 g/mol. The molecule has 184 valence electrons. The fraction of sp³-hybridized carbons (Fsp3) is 0.400. The van der Waals surface area contributed by atoms with Crippen LogP contribution in [-0.4, -0.2) is 56.7 Å². The fourth-order valence-electron chi connectivity index (χ4n) is 4.21. The van der Waals surface area contributed by atoms with Crippen molar-refractivity contribution in [1.29, 1.82) is 0 Å². The number of ether oxygens (including phenoxy) is 2. The Morgan fingerprint density at radius 3 is 2.74 bits per heavy atom. The molecule has 0 bridgehead atoms. The van der Waals surface area contributed by atoms with Crippen molar-refractivity contribution in [3.05, 3.63) is 75.2 Å². The second kappa shape index (κ2) is 10.5. The first-order chi connectivity index (χ1) is 16.9. The number of pyridine rings is 2. The number of nitrogens with one attached hydrogen (secondary N) is 1. The number of rotatable bonds is 7. The van der Waals surface area contributed by atoms with Gasteiger partial charge in [0.25, 0.3) is 11.5 Å². The number of nitrogens with zero attached hydrogens (tertiary/aromatic N) is 4. The number of hydrogen-bond acceptors (Lipinski definition) is 7. The molecule has 1 amide bonds. The van der Waals surface area contributed by atoms with Gasteiger partial charge in [0.1, 0.15) is 23.6 Å². The third-order valence-corrected chi connectivity index (χ3v) is 5.87. The van der Waals surface area contributed by atoms with Gasteiger partial charge < -0.3 is 18.9 Å². The smallest absolute Gasteiger partial charge is 0.343 e. The molecule has 0 saturated heterocycles. The predicted molar refractivity (Wildman–Crippen MR) is 127 cm³/mol. The zero-order valence-corrected chi connectivity index (χ0v) is 20.1. The van der Waals surface area contributed by atoms with E-state index in [2.05, 4.69) is 29.0 Å². The number of fused-ring (bicyclic) bond motifs is 1. The number of aromatic nitrogens is 4. The van der Waals surface area contributed by atoms with Crippen LogP contribution >= 0.6 is 0 Å². The second-order valence-corrected chi connectivity index (χ2v) is 8.88. The average molecular weight is 480 g/mol. The zero-order chi connectivity index (χ0) is 24.9. The van der Waals surface area contributed by atoms with E-state index in [1.807, 2.05) is 6.07 Å². The lowest BCUT2D eigenvalue weighted by Gasteiger charge is -2.18. The quantitative estimate of drug-likeness (QED) is 0.516. The Kier molecular flexibility index (Phi) is 7.28. The molecule has 0 aliphatic carbocycles. The van der Waals surface area contributed by atoms with Crippen molar-refractivity contribution in [3.63, 3.8) is 0 Å².